The summed E-state index contributed by atoms with van der Waals surface area (Å²) in [6.45, 7) is 7.58. The number of aliphatic hydroxyl groups is 1. The number of amides is 1. The van der Waals surface area contributed by atoms with E-state index in [4.69, 9.17) is 5.11 Å². The van der Waals surface area contributed by atoms with Crippen molar-refractivity contribution in [3.8, 4) is 0 Å². The summed E-state index contributed by atoms with van der Waals surface area (Å²) in [5, 5.41) is 11.9. The van der Waals surface area contributed by atoms with Gasteiger partial charge in [0.05, 0.1) is 6.10 Å². The molecule has 2 unspecified atom stereocenters. The maximum absolute atomic E-state index is 11.3. The molecular formula is C12H26N2O2. The second-order valence-electron chi connectivity index (χ2n) is 4.48. The molecule has 4 heteroatoms. The lowest BCUT2D eigenvalue weighted by atomic mass is 10.2. The van der Waals surface area contributed by atoms with Crippen LogP contribution in [0.5, 0.6) is 0 Å². The number of nitrogens with one attached hydrogen (secondary N) is 1. The minimum absolute atomic E-state index is 0.0263. The number of hydrogen-bond acceptors (Lipinski definition) is 3. The van der Waals surface area contributed by atoms with E-state index in [-0.39, 0.29) is 5.91 Å². The second kappa shape index (κ2) is 8.53. The smallest absolute Gasteiger partial charge is 0.220 e. The van der Waals surface area contributed by atoms with Gasteiger partial charge in [0.15, 0.2) is 0 Å². The van der Waals surface area contributed by atoms with Gasteiger partial charge in [-0.2, -0.15) is 0 Å². The van der Waals surface area contributed by atoms with Crippen LogP contribution in [-0.4, -0.2) is 48.2 Å². The Kier molecular flexibility index (Phi) is 8.21. The molecule has 16 heavy (non-hydrogen) atoms. The molecule has 0 spiro atoms. The van der Waals surface area contributed by atoms with Gasteiger partial charge < -0.3 is 15.3 Å². The molecular weight excluding hydrogens is 204 g/mol. The summed E-state index contributed by atoms with van der Waals surface area (Å²) in [5.74, 6) is 0.0263. The zero-order valence-electron chi connectivity index (χ0n) is 11.0. The molecule has 0 bridgehead atoms. The maximum Gasteiger partial charge on any atom is 0.220 e. The average molecular weight is 230 g/mol. The van der Waals surface area contributed by atoms with E-state index in [2.05, 4.69) is 31.1 Å². The molecule has 0 saturated carbocycles. The number of rotatable bonds is 8. The van der Waals surface area contributed by atoms with Crippen LogP contribution in [0.15, 0.2) is 0 Å². The van der Waals surface area contributed by atoms with E-state index >= 15 is 0 Å². The highest BCUT2D eigenvalue weighted by Crippen LogP contribution is 1.98. The molecule has 0 aliphatic carbocycles. The molecule has 2 N–H and O–H groups in total. The Bertz CT molecular complexity index is 195. The molecule has 0 saturated heterocycles. The van der Waals surface area contributed by atoms with Crippen LogP contribution in [0.4, 0.5) is 0 Å². The first-order chi connectivity index (χ1) is 7.47. The molecule has 0 aromatic carbocycles. The van der Waals surface area contributed by atoms with Crippen molar-refractivity contribution in [1.29, 1.82) is 0 Å². The van der Waals surface area contributed by atoms with Gasteiger partial charge in [0.2, 0.25) is 5.91 Å². The summed E-state index contributed by atoms with van der Waals surface area (Å²) in [4.78, 5) is 13.6. The Morgan fingerprint density at radius 3 is 2.56 bits per heavy atom. The lowest BCUT2D eigenvalue weighted by Gasteiger charge is -2.23. The van der Waals surface area contributed by atoms with Crippen LogP contribution in [0.3, 0.4) is 0 Å². The predicted octanol–water partition coefficient (Wildman–Crippen LogP) is 0.994. The van der Waals surface area contributed by atoms with Crippen molar-refractivity contribution in [2.24, 2.45) is 0 Å². The van der Waals surface area contributed by atoms with Crippen molar-refractivity contribution in [2.75, 3.05) is 20.1 Å². The largest absolute Gasteiger partial charge is 0.393 e. The number of carbonyl (C=O) groups excluding carboxylic acids is 1. The molecule has 0 aliphatic rings. The Hall–Kier alpha value is -0.610. The van der Waals surface area contributed by atoms with E-state index in [0.717, 1.165) is 13.0 Å². The van der Waals surface area contributed by atoms with Crippen molar-refractivity contribution in [3.05, 3.63) is 0 Å². The molecule has 0 aromatic rings. The van der Waals surface area contributed by atoms with Gasteiger partial charge in [0.1, 0.15) is 0 Å². The Labute approximate surface area is 99.0 Å². The first kappa shape index (κ1) is 15.4. The molecule has 4 nitrogen and oxygen atoms in total. The topological polar surface area (TPSA) is 52.6 Å². The van der Waals surface area contributed by atoms with Gasteiger partial charge in [-0.25, -0.2) is 0 Å². The van der Waals surface area contributed by atoms with Crippen LogP contribution in [0.25, 0.3) is 0 Å². The number of hydrogen-bond donors (Lipinski definition) is 2. The fourth-order valence-electron chi connectivity index (χ4n) is 1.33. The Morgan fingerprint density at radius 2 is 2.06 bits per heavy atom. The molecule has 0 aliphatic heterocycles. The van der Waals surface area contributed by atoms with Crippen LogP contribution >= 0.6 is 0 Å². The van der Waals surface area contributed by atoms with Gasteiger partial charge >= 0.3 is 0 Å². The van der Waals surface area contributed by atoms with Crippen molar-refractivity contribution >= 4 is 5.91 Å². The van der Waals surface area contributed by atoms with E-state index in [0.29, 0.717) is 25.4 Å². The summed E-state index contributed by atoms with van der Waals surface area (Å²) in [6, 6.07) is 0.550. The quantitative estimate of drug-likeness (QED) is 0.654. The van der Waals surface area contributed by atoms with Gasteiger partial charge in [-0.15, -0.1) is 0 Å². The van der Waals surface area contributed by atoms with E-state index in [9.17, 15) is 4.79 Å². The summed E-state index contributed by atoms with van der Waals surface area (Å²) in [5.41, 5.74) is 0. The van der Waals surface area contributed by atoms with Gasteiger partial charge in [-0.05, 0) is 33.7 Å². The van der Waals surface area contributed by atoms with Gasteiger partial charge in [-0.3, -0.25) is 4.79 Å². The number of likely N-dealkylation sites (N-methyl/N-ethyl adjacent to an activating group) is 1. The van der Waals surface area contributed by atoms with E-state index < -0.39 is 6.10 Å². The molecule has 0 aromatic heterocycles. The Morgan fingerprint density at radius 1 is 1.44 bits per heavy atom. The third-order valence-corrected chi connectivity index (χ3v) is 2.92. The predicted molar refractivity (Wildman–Crippen MR) is 66.3 cm³/mol. The van der Waals surface area contributed by atoms with Crippen LogP contribution < -0.4 is 5.32 Å². The highest BCUT2D eigenvalue weighted by molar-refractivity contribution is 5.75. The number of nitrogens with zero attached hydrogens (tertiary/aromatic N) is 1. The summed E-state index contributed by atoms with van der Waals surface area (Å²) < 4.78 is 0. The highest BCUT2D eigenvalue weighted by Gasteiger charge is 2.07. The highest BCUT2D eigenvalue weighted by atomic mass is 16.3. The summed E-state index contributed by atoms with van der Waals surface area (Å²) in [6.07, 6.45) is 1.66. The van der Waals surface area contributed by atoms with Crippen LogP contribution in [0.1, 0.15) is 40.0 Å². The lowest BCUT2D eigenvalue weighted by Crippen LogP contribution is -2.37. The van der Waals surface area contributed by atoms with Crippen molar-refractivity contribution < 1.29 is 9.90 Å². The third-order valence-electron chi connectivity index (χ3n) is 2.92. The van der Waals surface area contributed by atoms with Gasteiger partial charge in [0.25, 0.3) is 0 Å². The van der Waals surface area contributed by atoms with Crippen LogP contribution in [0.2, 0.25) is 0 Å². The minimum atomic E-state index is -0.395. The maximum atomic E-state index is 11.3. The average Bonchev–Trinajstić information content (AvgIpc) is 2.24. The first-order valence-electron chi connectivity index (χ1n) is 6.12. The molecule has 0 fully saturated rings. The van der Waals surface area contributed by atoms with Gasteiger partial charge in [-0.1, -0.05) is 6.92 Å². The zero-order chi connectivity index (χ0) is 12.6. The van der Waals surface area contributed by atoms with Gasteiger partial charge in [0, 0.05) is 25.6 Å². The fourth-order valence-corrected chi connectivity index (χ4v) is 1.33. The molecule has 1 amide bonds. The second-order valence-corrected chi connectivity index (χ2v) is 4.48. The first-order valence-corrected chi connectivity index (χ1v) is 6.12. The van der Waals surface area contributed by atoms with E-state index in [1.807, 2.05) is 0 Å². The fraction of sp³-hybridized carbons (Fsp3) is 0.917. The standard InChI is InChI=1S/C12H26N2O2/c1-5-10(2)14(4)9-8-13-12(16)7-6-11(3)15/h10-11,15H,5-9H2,1-4H3,(H,13,16). The minimum Gasteiger partial charge on any atom is -0.393 e. The summed E-state index contributed by atoms with van der Waals surface area (Å²) >= 11 is 0. The molecule has 0 heterocycles. The Balaban J connectivity index is 3.54. The lowest BCUT2D eigenvalue weighted by molar-refractivity contribution is -0.121. The zero-order valence-corrected chi connectivity index (χ0v) is 11.0. The number of aliphatic hydroxyl groups excluding tert-OH is 1. The van der Waals surface area contributed by atoms with E-state index in [1.54, 1.807) is 6.92 Å². The molecule has 0 rings (SSSR count). The monoisotopic (exact) mass is 230 g/mol. The molecule has 0 radical (unpaired) electrons. The van der Waals surface area contributed by atoms with Crippen molar-refractivity contribution in [3.63, 3.8) is 0 Å². The number of carbonyl (C=O) groups is 1. The molecule has 2 atom stereocenters. The van der Waals surface area contributed by atoms with Crippen LogP contribution in [0, 0.1) is 0 Å². The molecule has 96 valence electrons. The normalized spacial score (nSPS) is 14.9. The van der Waals surface area contributed by atoms with Crippen molar-refractivity contribution in [1.82, 2.24) is 10.2 Å². The van der Waals surface area contributed by atoms with Crippen molar-refractivity contribution in [2.45, 2.75) is 52.2 Å². The third kappa shape index (κ3) is 7.65. The summed E-state index contributed by atoms with van der Waals surface area (Å²) in [7, 11) is 2.07. The van der Waals surface area contributed by atoms with Crippen LogP contribution in [-0.2, 0) is 4.79 Å². The van der Waals surface area contributed by atoms with E-state index in [1.165, 1.54) is 0 Å². The SMILES string of the molecule is CCC(C)N(C)CCNC(=O)CCC(C)O.